The minimum absolute atomic E-state index is 0.326. The second-order valence-corrected chi connectivity index (χ2v) is 7.93. The molecule has 0 bridgehead atoms. The van der Waals surface area contributed by atoms with Crippen LogP contribution in [0.1, 0.15) is 19.8 Å². The van der Waals surface area contributed by atoms with Crippen molar-refractivity contribution in [1.29, 1.82) is 0 Å². The fourth-order valence-electron chi connectivity index (χ4n) is 2.82. The molecule has 1 aliphatic rings. The minimum Gasteiger partial charge on any atom is -0.457 e. The maximum atomic E-state index is 12.7. The maximum absolute atomic E-state index is 12.7. The van der Waals surface area contributed by atoms with Crippen LogP contribution in [-0.2, 0) is 10.0 Å². The third kappa shape index (κ3) is 3.74. The van der Waals surface area contributed by atoms with Crippen molar-refractivity contribution in [2.24, 2.45) is 5.92 Å². The Morgan fingerprint density at radius 3 is 2.30 bits per heavy atom. The second-order valence-electron chi connectivity index (χ2n) is 6.00. The quantitative estimate of drug-likeness (QED) is 0.853. The molecule has 0 unspecified atom stereocenters. The zero-order valence-corrected chi connectivity index (χ0v) is 14.0. The number of benzene rings is 2. The van der Waals surface area contributed by atoms with Crippen LogP contribution in [0.15, 0.2) is 59.5 Å². The SMILES string of the molecule is C[C@@H]1CCCN(S(=O)(=O)c2ccc(Oc3ccccc3)cc2)C1. The summed E-state index contributed by atoms with van der Waals surface area (Å²) in [6, 6.07) is 16.1. The third-order valence-corrected chi connectivity index (χ3v) is 5.94. The summed E-state index contributed by atoms with van der Waals surface area (Å²) < 4.78 is 32.7. The monoisotopic (exact) mass is 331 g/mol. The smallest absolute Gasteiger partial charge is 0.243 e. The van der Waals surface area contributed by atoms with E-state index in [1.807, 2.05) is 30.3 Å². The number of hydrogen-bond acceptors (Lipinski definition) is 3. The molecule has 0 aliphatic carbocycles. The van der Waals surface area contributed by atoms with Crippen molar-refractivity contribution < 1.29 is 13.2 Å². The Morgan fingerprint density at radius 2 is 1.65 bits per heavy atom. The molecule has 2 aromatic carbocycles. The molecule has 2 aromatic rings. The van der Waals surface area contributed by atoms with Gasteiger partial charge in [0.15, 0.2) is 0 Å². The highest BCUT2D eigenvalue weighted by molar-refractivity contribution is 7.89. The molecule has 0 spiro atoms. The summed E-state index contributed by atoms with van der Waals surface area (Å²) >= 11 is 0. The molecule has 1 saturated heterocycles. The molecule has 122 valence electrons. The first-order valence-corrected chi connectivity index (χ1v) is 9.33. The molecule has 4 nitrogen and oxygen atoms in total. The van der Waals surface area contributed by atoms with Gasteiger partial charge < -0.3 is 4.74 Å². The van der Waals surface area contributed by atoms with E-state index in [1.54, 1.807) is 28.6 Å². The average Bonchev–Trinajstić information content (AvgIpc) is 2.56. The van der Waals surface area contributed by atoms with Gasteiger partial charge in [-0.15, -0.1) is 0 Å². The molecule has 3 rings (SSSR count). The molecule has 0 N–H and O–H groups in total. The minimum atomic E-state index is -3.41. The van der Waals surface area contributed by atoms with E-state index in [0.29, 0.717) is 29.7 Å². The lowest BCUT2D eigenvalue weighted by Crippen LogP contribution is -2.39. The van der Waals surface area contributed by atoms with Crippen LogP contribution in [0.25, 0.3) is 0 Å². The zero-order chi connectivity index (χ0) is 16.3. The first-order valence-electron chi connectivity index (χ1n) is 7.89. The van der Waals surface area contributed by atoms with Gasteiger partial charge in [0.1, 0.15) is 11.5 Å². The highest BCUT2D eigenvalue weighted by atomic mass is 32.2. The number of para-hydroxylation sites is 1. The summed E-state index contributed by atoms with van der Waals surface area (Å²) in [4.78, 5) is 0.326. The van der Waals surface area contributed by atoms with Crippen LogP contribution < -0.4 is 4.74 Å². The van der Waals surface area contributed by atoms with Crippen LogP contribution in [-0.4, -0.2) is 25.8 Å². The van der Waals surface area contributed by atoms with Gasteiger partial charge in [-0.25, -0.2) is 8.42 Å². The van der Waals surface area contributed by atoms with E-state index in [2.05, 4.69) is 6.92 Å². The zero-order valence-electron chi connectivity index (χ0n) is 13.2. The number of hydrogen-bond donors (Lipinski definition) is 0. The summed E-state index contributed by atoms with van der Waals surface area (Å²) in [6.45, 7) is 3.30. The molecule has 1 fully saturated rings. The molecule has 1 atom stereocenters. The molecule has 1 heterocycles. The first-order chi connectivity index (χ1) is 11.1. The van der Waals surface area contributed by atoms with Gasteiger partial charge in [-0.3, -0.25) is 0 Å². The largest absolute Gasteiger partial charge is 0.457 e. The Labute approximate surface area is 137 Å². The topological polar surface area (TPSA) is 46.6 Å². The molecular formula is C18H21NO3S. The van der Waals surface area contributed by atoms with Crippen LogP contribution in [0.5, 0.6) is 11.5 Å². The number of ether oxygens (including phenoxy) is 1. The van der Waals surface area contributed by atoms with Crippen molar-refractivity contribution in [2.75, 3.05) is 13.1 Å². The Morgan fingerprint density at radius 1 is 1.00 bits per heavy atom. The summed E-state index contributed by atoms with van der Waals surface area (Å²) in [6.07, 6.45) is 2.02. The lowest BCUT2D eigenvalue weighted by atomic mass is 10.0. The predicted octanol–water partition coefficient (Wildman–Crippen LogP) is 3.90. The highest BCUT2D eigenvalue weighted by Gasteiger charge is 2.28. The average molecular weight is 331 g/mol. The first kappa shape index (κ1) is 16.0. The Kier molecular flexibility index (Phi) is 4.68. The molecule has 0 aromatic heterocycles. The van der Waals surface area contributed by atoms with Crippen LogP contribution in [0.3, 0.4) is 0 Å². The van der Waals surface area contributed by atoms with Gasteiger partial charge in [0.05, 0.1) is 4.90 Å². The highest BCUT2D eigenvalue weighted by Crippen LogP contribution is 2.26. The maximum Gasteiger partial charge on any atom is 0.243 e. The summed E-state index contributed by atoms with van der Waals surface area (Å²) in [5.74, 6) is 1.77. The summed E-state index contributed by atoms with van der Waals surface area (Å²) in [7, 11) is -3.41. The Balaban J connectivity index is 1.76. The number of sulfonamides is 1. The van der Waals surface area contributed by atoms with Crippen molar-refractivity contribution in [1.82, 2.24) is 4.31 Å². The van der Waals surface area contributed by atoms with Gasteiger partial charge in [-0.05, 0) is 55.2 Å². The van der Waals surface area contributed by atoms with E-state index in [4.69, 9.17) is 4.74 Å². The fraction of sp³-hybridized carbons (Fsp3) is 0.333. The van der Waals surface area contributed by atoms with Gasteiger partial charge in [0, 0.05) is 13.1 Å². The summed E-state index contributed by atoms with van der Waals surface area (Å²) in [5.41, 5.74) is 0. The van der Waals surface area contributed by atoms with Crippen molar-refractivity contribution in [3.63, 3.8) is 0 Å². The second kappa shape index (κ2) is 6.72. The molecule has 0 saturated carbocycles. The van der Waals surface area contributed by atoms with E-state index >= 15 is 0 Å². The van der Waals surface area contributed by atoms with Crippen LogP contribution in [0.2, 0.25) is 0 Å². The van der Waals surface area contributed by atoms with E-state index < -0.39 is 10.0 Å². The van der Waals surface area contributed by atoms with E-state index in [-0.39, 0.29) is 0 Å². The predicted molar refractivity (Wildman–Crippen MR) is 90.1 cm³/mol. The van der Waals surface area contributed by atoms with Gasteiger partial charge in [-0.2, -0.15) is 4.31 Å². The van der Waals surface area contributed by atoms with Crippen molar-refractivity contribution in [2.45, 2.75) is 24.7 Å². The lowest BCUT2D eigenvalue weighted by Gasteiger charge is -2.30. The Hall–Kier alpha value is -1.85. The van der Waals surface area contributed by atoms with Gasteiger partial charge in [0.2, 0.25) is 10.0 Å². The molecule has 5 heteroatoms. The number of piperidine rings is 1. The van der Waals surface area contributed by atoms with Gasteiger partial charge in [-0.1, -0.05) is 25.1 Å². The standard InChI is InChI=1S/C18H21NO3S/c1-15-6-5-13-19(14-15)23(20,21)18-11-9-17(10-12-18)22-16-7-3-2-4-8-16/h2-4,7-12,15H,5-6,13-14H2,1H3/t15-/m1/s1. The van der Waals surface area contributed by atoms with Crippen LogP contribution in [0.4, 0.5) is 0 Å². The van der Waals surface area contributed by atoms with E-state index in [1.165, 1.54) is 0 Å². The number of rotatable bonds is 4. The Bertz CT molecular complexity index is 742. The van der Waals surface area contributed by atoms with Gasteiger partial charge >= 0.3 is 0 Å². The molecule has 23 heavy (non-hydrogen) atoms. The normalized spacial score (nSPS) is 19.4. The molecule has 0 radical (unpaired) electrons. The van der Waals surface area contributed by atoms with Crippen molar-refractivity contribution in [3.8, 4) is 11.5 Å². The molecule has 0 amide bonds. The van der Waals surface area contributed by atoms with Crippen LogP contribution >= 0.6 is 0 Å². The number of nitrogens with zero attached hydrogens (tertiary/aromatic N) is 1. The molecular weight excluding hydrogens is 310 g/mol. The van der Waals surface area contributed by atoms with Crippen molar-refractivity contribution in [3.05, 3.63) is 54.6 Å². The van der Waals surface area contributed by atoms with E-state index in [0.717, 1.165) is 18.6 Å². The summed E-state index contributed by atoms with van der Waals surface area (Å²) in [5, 5.41) is 0. The van der Waals surface area contributed by atoms with E-state index in [9.17, 15) is 8.42 Å². The van der Waals surface area contributed by atoms with Gasteiger partial charge in [0.25, 0.3) is 0 Å². The van der Waals surface area contributed by atoms with Crippen molar-refractivity contribution >= 4 is 10.0 Å². The lowest BCUT2D eigenvalue weighted by molar-refractivity contribution is 0.281. The molecule has 1 aliphatic heterocycles. The van der Waals surface area contributed by atoms with Crippen LogP contribution in [0, 0.1) is 5.92 Å². The third-order valence-electron chi connectivity index (χ3n) is 4.06. The fourth-order valence-corrected chi connectivity index (χ4v) is 4.42.